The zero-order valence-electron chi connectivity index (χ0n) is 6.51. The first-order chi connectivity index (χ1) is 5.31. The molecule has 0 aliphatic carbocycles. The summed E-state index contributed by atoms with van der Waals surface area (Å²) in [5.74, 6) is 0.810. The van der Waals surface area contributed by atoms with Crippen LogP contribution in [0.2, 0.25) is 0 Å². The number of carbonyl (C=O) groups excluding carboxylic acids is 1. The molecule has 0 bridgehead atoms. The van der Waals surface area contributed by atoms with Gasteiger partial charge in [0.05, 0.1) is 0 Å². The molecular weight excluding hydrogens is 351 g/mol. The topological polar surface area (TPSA) is 38.3 Å². The molecule has 0 atom stereocenters. The average molecular weight is 363 g/mol. The maximum atomic E-state index is 10.8. The summed E-state index contributed by atoms with van der Waals surface area (Å²) in [5, 5.41) is 2.77. The summed E-state index contributed by atoms with van der Waals surface area (Å²) in [6, 6.07) is 0. The molecule has 11 heavy (non-hydrogen) atoms. The number of hydrogen-bond donors (Lipinski definition) is 2. The van der Waals surface area contributed by atoms with Gasteiger partial charge in [-0.3, -0.25) is 0 Å². The van der Waals surface area contributed by atoms with E-state index in [1.165, 1.54) is 0 Å². The third-order valence-corrected chi connectivity index (χ3v) is 2.19. The predicted octanol–water partition coefficient (Wildman–Crippen LogP) is -0.0566. The molecule has 0 aliphatic heterocycles. The van der Waals surface area contributed by atoms with E-state index < -0.39 is 0 Å². The summed E-state index contributed by atoms with van der Waals surface area (Å²) in [6.45, 7) is 1.14. The summed E-state index contributed by atoms with van der Waals surface area (Å²) in [4.78, 5) is 10.8. The monoisotopic (exact) mass is 364 g/mol. The van der Waals surface area contributed by atoms with Gasteiger partial charge < -0.3 is 0 Å². The van der Waals surface area contributed by atoms with E-state index in [1.54, 1.807) is 0 Å². The Hall–Kier alpha value is 0.715. The fourth-order valence-corrected chi connectivity index (χ4v) is 1.77. The first kappa shape index (κ1) is 11.7. The third kappa shape index (κ3) is 8.62. The van der Waals surface area contributed by atoms with Crippen LogP contribution >= 0.6 is 12.6 Å². The van der Waals surface area contributed by atoms with Gasteiger partial charge in [-0.2, -0.15) is 0 Å². The van der Waals surface area contributed by atoms with Crippen molar-refractivity contribution >= 4 is 18.5 Å². The van der Waals surface area contributed by atoms with Crippen molar-refractivity contribution in [2.45, 2.75) is 6.42 Å². The Morgan fingerprint density at radius 3 is 2.82 bits per heavy atom. The minimum absolute atomic E-state index is 0.0964. The predicted molar refractivity (Wildman–Crippen MR) is 42.3 cm³/mol. The van der Waals surface area contributed by atoms with E-state index >= 15 is 0 Å². The van der Waals surface area contributed by atoms with Crippen molar-refractivity contribution < 1.29 is 35.7 Å². The molecule has 0 saturated heterocycles. The molecule has 0 spiro atoms. The van der Waals surface area contributed by atoms with Crippen molar-refractivity contribution in [3.05, 3.63) is 0 Å². The van der Waals surface area contributed by atoms with Crippen LogP contribution in [0.25, 0.3) is 0 Å². The standard InChI is InChI=1S/C6H12NO2S.Hg/c1-7-6(8)2-3-9-4-5-10;/h10H,1-5H2,(H,7,8);. The number of amides is 1. The van der Waals surface area contributed by atoms with Gasteiger partial charge in [0.15, 0.2) is 0 Å². The average Bonchev–Trinajstić information content (AvgIpc) is 1.99. The van der Waals surface area contributed by atoms with Crippen molar-refractivity contribution in [3.8, 4) is 0 Å². The van der Waals surface area contributed by atoms with Crippen LogP contribution in [0.3, 0.4) is 0 Å². The van der Waals surface area contributed by atoms with Crippen LogP contribution in [0.4, 0.5) is 0 Å². The van der Waals surface area contributed by atoms with E-state index in [9.17, 15) is 4.79 Å². The van der Waals surface area contributed by atoms with E-state index in [1.807, 2.05) is 0 Å². The van der Waals surface area contributed by atoms with Crippen LogP contribution in [-0.2, 0) is 35.7 Å². The Bertz CT molecular complexity index is 113. The van der Waals surface area contributed by atoms with E-state index in [2.05, 4.69) is 17.9 Å². The molecule has 0 radical (unpaired) electrons. The zero-order chi connectivity index (χ0) is 8.53. The molecule has 1 N–H and O–H groups in total. The van der Waals surface area contributed by atoms with Gasteiger partial charge in [-0.15, -0.1) is 0 Å². The van der Waals surface area contributed by atoms with Gasteiger partial charge >= 0.3 is 88.9 Å². The number of rotatable bonds is 6. The number of ether oxygens (including phenoxy) is 1. The SMILES string of the molecule is O=C(CCOCCS)N[CH2][Hg]. The molecule has 0 fully saturated rings. The molecule has 3 nitrogen and oxygen atoms in total. The summed E-state index contributed by atoms with van der Waals surface area (Å²) in [5.41, 5.74) is 0. The Morgan fingerprint density at radius 2 is 2.27 bits per heavy atom. The Balaban J connectivity index is 3.04. The molecule has 0 saturated carbocycles. The van der Waals surface area contributed by atoms with Crippen LogP contribution in [0.15, 0.2) is 0 Å². The summed E-state index contributed by atoms with van der Waals surface area (Å²) in [7, 11) is 0. The van der Waals surface area contributed by atoms with Gasteiger partial charge in [-0.25, -0.2) is 0 Å². The Labute approximate surface area is 88.6 Å². The normalized spacial score (nSPS) is 9.73. The summed E-state index contributed by atoms with van der Waals surface area (Å²) >= 11 is 4.63. The maximum absolute atomic E-state index is 10.8. The minimum atomic E-state index is 0.0964. The van der Waals surface area contributed by atoms with Gasteiger partial charge in [-0.1, -0.05) is 0 Å². The Kier molecular flexibility index (Phi) is 9.38. The van der Waals surface area contributed by atoms with Crippen LogP contribution < -0.4 is 5.32 Å². The zero-order valence-corrected chi connectivity index (χ0v) is 12.9. The quantitative estimate of drug-likeness (QED) is 0.395. The molecular formula is C6H12HgNO2S. The van der Waals surface area contributed by atoms with E-state index in [0.717, 1.165) is 4.05 Å². The summed E-state index contributed by atoms with van der Waals surface area (Å²) < 4.78 is 5.96. The number of hydrogen-bond acceptors (Lipinski definition) is 3. The number of carbonyl (C=O) groups is 1. The fraction of sp³-hybridized carbons (Fsp3) is 0.833. The van der Waals surface area contributed by atoms with Crippen molar-refractivity contribution in [2.24, 2.45) is 0 Å². The van der Waals surface area contributed by atoms with Gasteiger partial charge in [0.2, 0.25) is 0 Å². The number of thiol groups is 1. The molecule has 0 aromatic carbocycles. The molecule has 0 heterocycles. The molecule has 0 aromatic heterocycles. The fourth-order valence-electron chi connectivity index (χ4n) is 0.559. The van der Waals surface area contributed by atoms with Gasteiger partial charge in [0.25, 0.3) is 0 Å². The van der Waals surface area contributed by atoms with E-state index in [-0.39, 0.29) is 5.91 Å². The number of nitrogens with one attached hydrogen (secondary N) is 1. The van der Waals surface area contributed by atoms with Crippen LogP contribution in [0.1, 0.15) is 6.42 Å². The van der Waals surface area contributed by atoms with Crippen molar-refractivity contribution in [2.75, 3.05) is 23.0 Å². The first-order valence-electron chi connectivity index (χ1n) is 3.55. The second-order valence-electron chi connectivity index (χ2n) is 1.94. The third-order valence-electron chi connectivity index (χ3n) is 1.03. The van der Waals surface area contributed by atoms with Crippen molar-refractivity contribution in [1.29, 1.82) is 0 Å². The first-order valence-corrected chi connectivity index (χ1v) is 8.07. The summed E-state index contributed by atoms with van der Waals surface area (Å²) in [6.07, 6.45) is 0.477. The second-order valence-corrected chi connectivity index (χ2v) is 4.33. The molecule has 61 valence electrons. The molecule has 0 aliphatic rings. The van der Waals surface area contributed by atoms with Gasteiger partial charge in [-0.05, 0) is 0 Å². The van der Waals surface area contributed by atoms with E-state index in [4.69, 9.17) is 4.74 Å². The van der Waals surface area contributed by atoms with E-state index in [0.29, 0.717) is 51.5 Å². The van der Waals surface area contributed by atoms with Crippen LogP contribution in [-0.4, -0.2) is 28.9 Å². The molecule has 5 heteroatoms. The molecule has 0 rings (SSSR count). The molecule has 0 unspecified atom stereocenters. The van der Waals surface area contributed by atoms with Crippen molar-refractivity contribution in [1.82, 2.24) is 5.32 Å². The molecule has 0 aromatic rings. The van der Waals surface area contributed by atoms with Crippen molar-refractivity contribution in [3.63, 3.8) is 0 Å². The van der Waals surface area contributed by atoms with Gasteiger partial charge in [0.1, 0.15) is 0 Å². The Morgan fingerprint density at radius 1 is 1.55 bits per heavy atom. The molecule has 1 amide bonds. The van der Waals surface area contributed by atoms with Gasteiger partial charge in [0, 0.05) is 0 Å². The second kappa shape index (κ2) is 8.81. The van der Waals surface area contributed by atoms with Crippen LogP contribution in [0.5, 0.6) is 0 Å². The van der Waals surface area contributed by atoms with Crippen LogP contribution in [0, 0.1) is 0 Å².